The number of ether oxygens (including phenoxy) is 2. The number of fused-ring (bicyclic) bond motifs is 2. The third kappa shape index (κ3) is 3.28. The van der Waals surface area contributed by atoms with Crippen LogP contribution in [0.3, 0.4) is 0 Å². The lowest BCUT2D eigenvalue weighted by Gasteiger charge is -2.25. The maximum atomic E-state index is 12.8. The van der Waals surface area contributed by atoms with Crippen molar-refractivity contribution in [1.29, 1.82) is 0 Å². The maximum absolute atomic E-state index is 12.8. The lowest BCUT2D eigenvalue weighted by atomic mass is 9.95. The largest absolute Gasteiger partial charge is 0.486 e. The molecular formula is C19H19N3O4S. The first-order valence-electron chi connectivity index (χ1n) is 8.70. The Hall–Kier alpha value is -2.87. The third-order valence-corrected chi connectivity index (χ3v) is 5.24. The quantitative estimate of drug-likeness (QED) is 0.747. The molecule has 7 nitrogen and oxygen atoms in total. The zero-order valence-corrected chi connectivity index (χ0v) is 15.8. The van der Waals surface area contributed by atoms with Crippen molar-refractivity contribution in [1.82, 2.24) is 14.7 Å². The van der Waals surface area contributed by atoms with E-state index in [1.165, 1.54) is 21.9 Å². The highest BCUT2D eigenvalue weighted by atomic mass is 32.1. The lowest BCUT2D eigenvalue weighted by Crippen LogP contribution is -2.36. The van der Waals surface area contributed by atoms with E-state index in [4.69, 9.17) is 9.47 Å². The van der Waals surface area contributed by atoms with Crippen LogP contribution in [-0.2, 0) is 0 Å². The second-order valence-electron chi connectivity index (χ2n) is 6.63. The van der Waals surface area contributed by atoms with Crippen LogP contribution in [0.4, 0.5) is 0 Å². The van der Waals surface area contributed by atoms with Crippen molar-refractivity contribution in [3.05, 3.63) is 57.5 Å². The van der Waals surface area contributed by atoms with E-state index in [0.717, 1.165) is 5.56 Å². The Morgan fingerprint density at radius 2 is 2.04 bits per heavy atom. The van der Waals surface area contributed by atoms with Crippen LogP contribution in [0.25, 0.3) is 4.96 Å². The molecule has 1 atom stereocenters. The van der Waals surface area contributed by atoms with Gasteiger partial charge in [-0.2, -0.15) is 0 Å². The molecule has 1 aromatic carbocycles. The van der Waals surface area contributed by atoms with Gasteiger partial charge in [-0.15, -0.1) is 11.3 Å². The molecule has 0 saturated heterocycles. The van der Waals surface area contributed by atoms with Crippen LogP contribution < -0.4 is 20.3 Å². The van der Waals surface area contributed by atoms with E-state index < -0.39 is 5.91 Å². The second kappa shape index (κ2) is 7.03. The summed E-state index contributed by atoms with van der Waals surface area (Å²) in [6.45, 7) is 5.04. The molecule has 0 fully saturated rings. The predicted octanol–water partition coefficient (Wildman–Crippen LogP) is 2.65. The molecule has 1 N–H and O–H groups in total. The van der Waals surface area contributed by atoms with E-state index in [2.05, 4.69) is 10.3 Å². The molecule has 0 radical (unpaired) electrons. The molecule has 3 heterocycles. The van der Waals surface area contributed by atoms with Crippen LogP contribution in [-0.4, -0.2) is 28.5 Å². The summed E-state index contributed by atoms with van der Waals surface area (Å²) in [6, 6.07) is 5.35. The number of aromatic nitrogens is 2. The molecule has 0 bridgehead atoms. The maximum Gasteiger partial charge on any atom is 0.271 e. The van der Waals surface area contributed by atoms with Crippen LogP contribution in [0.2, 0.25) is 0 Å². The minimum atomic E-state index is -0.443. The first-order valence-corrected chi connectivity index (χ1v) is 9.58. The van der Waals surface area contributed by atoms with Gasteiger partial charge in [-0.1, -0.05) is 19.9 Å². The number of hydrogen-bond acceptors (Lipinski definition) is 6. The van der Waals surface area contributed by atoms with Gasteiger partial charge in [0.25, 0.3) is 11.5 Å². The van der Waals surface area contributed by atoms with E-state index in [1.807, 2.05) is 32.0 Å². The standard InChI is InChI=1S/C19H19N3O4S/c1-11(2)16(12-3-4-14-15(9-12)26-7-6-25-14)21-17(23)13-10-20-19-22(18(13)24)5-8-27-19/h3-5,8-11,16H,6-7H2,1-2H3,(H,21,23)/t16-/m1/s1. The smallest absolute Gasteiger partial charge is 0.271 e. The molecule has 140 valence electrons. The SMILES string of the molecule is CC(C)[C@@H](NC(=O)c1cnc2sccn2c1=O)c1ccc2c(c1)OCCO2. The van der Waals surface area contributed by atoms with E-state index in [9.17, 15) is 9.59 Å². The Labute approximate surface area is 159 Å². The molecule has 8 heteroatoms. The number of nitrogens with one attached hydrogen (secondary N) is 1. The van der Waals surface area contributed by atoms with Crippen molar-refractivity contribution in [3.8, 4) is 11.5 Å². The Balaban J connectivity index is 1.64. The van der Waals surface area contributed by atoms with Gasteiger partial charge in [-0.3, -0.25) is 14.0 Å². The fraction of sp³-hybridized carbons (Fsp3) is 0.316. The summed E-state index contributed by atoms with van der Waals surface area (Å²) in [7, 11) is 0. The van der Waals surface area contributed by atoms with Gasteiger partial charge >= 0.3 is 0 Å². The average Bonchev–Trinajstić information content (AvgIpc) is 3.15. The molecule has 27 heavy (non-hydrogen) atoms. The number of nitrogens with zero attached hydrogens (tertiary/aromatic N) is 2. The van der Waals surface area contributed by atoms with Gasteiger partial charge in [0, 0.05) is 17.8 Å². The first-order chi connectivity index (χ1) is 13.0. The molecule has 4 rings (SSSR count). The highest BCUT2D eigenvalue weighted by Gasteiger charge is 2.23. The number of carbonyl (C=O) groups is 1. The summed E-state index contributed by atoms with van der Waals surface area (Å²) in [5, 5.41) is 4.73. The summed E-state index contributed by atoms with van der Waals surface area (Å²) in [5.74, 6) is 1.03. The molecule has 0 unspecified atom stereocenters. The van der Waals surface area contributed by atoms with Crippen LogP contribution in [0.1, 0.15) is 35.8 Å². The normalized spacial score (nSPS) is 14.3. The summed E-state index contributed by atoms with van der Waals surface area (Å²) in [5.41, 5.74) is 0.546. The van der Waals surface area contributed by atoms with Gasteiger partial charge in [0.2, 0.25) is 0 Å². The van der Waals surface area contributed by atoms with Crippen LogP contribution >= 0.6 is 11.3 Å². The molecule has 0 aliphatic carbocycles. The van der Waals surface area contributed by atoms with Gasteiger partial charge in [-0.25, -0.2) is 4.98 Å². The third-order valence-electron chi connectivity index (χ3n) is 4.47. The van der Waals surface area contributed by atoms with Crippen LogP contribution in [0.5, 0.6) is 11.5 Å². The molecule has 2 aromatic heterocycles. The topological polar surface area (TPSA) is 81.9 Å². The Morgan fingerprint density at radius 3 is 2.81 bits per heavy atom. The molecule has 1 aliphatic heterocycles. The number of carbonyl (C=O) groups excluding carboxylic acids is 1. The highest BCUT2D eigenvalue weighted by molar-refractivity contribution is 7.15. The van der Waals surface area contributed by atoms with Gasteiger partial charge in [0.1, 0.15) is 18.8 Å². The first kappa shape index (κ1) is 17.5. The molecule has 1 aliphatic rings. The number of amides is 1. The Bertz CT molecular complexity index is 1060. The van der Waals surface area contributed by atoms with Crippen molar-refractivity contribution in [2.45, 2.75) is 19.9 Å². The van der Waals surface area contributed by atoms with Gasteiger partial charge in [0.05, 0.1) is 6.04 Å². The highest BCUT2D eigenvalue weighted by Crippen LogP contribution is 2.34. The number of benzene rings is 1. The van der Waals surface area contributed by atoms with Crippen molar-refractivity contribution in [2.24, 2.45) is 5.92 Å². The Morgan fingerprint density at radius 1 is 1.26 bits per heavy atom. The van der Waals surface area contributed by atoms with Gasteiger partial charge in [0.15, 0.2) is 16.5 Å². The van der Waals surface area contributed by atoms with Crippen LogP contribution in [0, 0.1) is 5.92 Å². The lowest BCUT2D eigenvalue weighted by molar-refractivity contribution is 0.0923. The predicted molar refractivity (Wildman–Crippen MR) is 102 cm³/mol. The minimum Gasteiger partial charge on any atom is -0.486 e. The molecule has 0 saturated carbocycles. The number of hydrogen-bond donors (Lipinski definition) is 1. The molecule has 1 amide bonds. The fourth-order valence-electron chi connectivity index (χ4n) is 3.09. The van der Waals surface area contributed by atoms with Crippen molar-refractivity contribution < 1.29 is 14.3 Å². The van der Waals surface area contributed by atoms with Gasteiger partial charge < -0.3 is 14.8 Å². The summed E-state index contributed by atoms with van der Waals surface area (Å²) < 4.78 is 12.6. The zero-order valence-electron chi connectivity index (χ0n) is 15.0. The van der Waals surface area contributed by atoms with Crippen molar-refractivity contribution in [2.75, 3.05) is 13.2 Å². The van der Waals surface area contributed by atoms with E-state index in [0.29, 0.717) is 29.7 Å². The minimum absolute atomic E-state index is 0.0223. The second-order valence-corrected chi connectivity index (χ2v) is 7.50. The summed E-state index contributed by atoms with van der Waals surface area (Å²) in [4.78, 5) is 30.1. The zero-order chi connectivity index (χ0) is 19.0. The number of rotatable bonds is 4. The van der Waals surface area contributed by atoms with E-state index in [1.54, 1.807) is 11.6 Å². The monoisotopic (exact) mass is 385 g/mol. The number of thiazole rings is 1. The van der Waals surface area contributed by atoms with E-state index in [-0.39, 0.29) is 23.1 Å². The molecule has 3 aromatic rings. The average molecular weight is 385 g/mol. The van der Waals surface area contributed by atoms with Crippen molar-refractivity contribution in [3.63, 3.8) is 0 Å². The van der Waals surface area contributed by atoms with Crippen molar-refractivity contribution >= 4 is 22.2 Å². The Kier molecular flexibility index (Phi) is 4.57. The van der Waals surface area contributed by atoms with Gasteiger partial charge in [-0.05, 0) is 23.6 Å². The fourth-order valence-corrected chi connectivity index (χ4v) is 3.76. The van der Waals surface area contributed by atoms with Crippen LogP contribution in [0.15, 0.2) is 40.8 Å². The summed E-state index contributed by atoms with van der Waals surface area (Å²) >= 11 is 1.35. The molecule has 0 spiro atoms. The van der Waals surface area contributed by atoms with E-state index >= 15 is 0 Å². The summed E-state index contributed by atoms with van der Waals surface area (Å²) in [6.07, 6.45) is 2.96. The molecular weight excluding hydrogens is 366 g/mol.